The van der Waals surface area contributed by atoms with Gasteiger partial charge in [0.25, 0.3) is 0 Å². The zero-order valence-corrected chi connectivity index (χ0v) is 15.1. The van der Waals surface area contributed by atoms with E-state index in [9.17, 15) is 9.18 Å². The van der Waals surface area contributed by atoms with Gasteiger partial charge in [-0.05, 0) is 56.2 Å². The molecule has 0 aliphatic carbocycles. The molecule has 0 spiro atoms. The third kappa shape index (κ3) is 4.95. The molecule has 0 aromatic heterocycles. The molecule has 5 heteroatoms. The van der Waals surface area contributed by atoms with Crippen molar-refractivity contribution in [1.82, 2.24) is 10.2 Å². The first-order chi connectivity index (χ1) is 11.9. The van der Waals surface area contributed by atoms with Gasteiger partial charge in [0.2, 0.25) is 0 Å². The second-order valence-electron chi connectivity index (χ2n) is 6.01. The van der Waals surface area contributed by atoms with Gasteiger partial charge in [0.1, 0.15) is 11.6 Å². The minimum Gasteiger partial charge on any atom is -0.494 e. The van der Waals surface area contributed by atoms with Gasteiger partial charge in [-0.15, -0.1) is 0 Å². The molecule has 134 valence electrons. The van der Waals surface area contributed by atoms with E-state index in [0.717, 1.165) is 16.9 Å². The molecule has 0 bridgehead atoms. The summed E-state index contributed by atoms with van der Waals surface area (Å²) in [6.07, 6.45) is 0. The second-order valence-corrected chi connectivity index (χ2v) is 6.01. The Morgan fingerprint density at radius 3 is 2.20 bits per heavy atom. The van der Waals surface area contributed by atoms with Gasteiger partial charge in [-0.1, -0.05) is 24.3 Å². The van der Waals surface area contributed by atoms with Gasteiger partial charge in [0.15, 0.2) is 0 Å². The lowest BCUT2D eigenvalue weighted by Gasteiger charge is -2.27. The number of ether oxygens (including phenoxy) is 1. The Morgan fingerprint density at radius 2 is 1.64 bits per heavy atom. The molecule has 25 heavy (non-hydrogen) atoms. The molecular formula is C20H25FN2O2. The summed E-state index contributed by atoms with van der Waals surface area (Å²) in [4.78, 5) is 14.1. The van der Waals surface area contributed by atoms with Gasteiger partial charge in [0, 0.05) is 7.05 Å². The van der Waals surface area contributed by atoms with Crippen molar-refractivity contribution < 1.29 is 13.9 Å². The predicted octanol–water partition coefficient (Wildman–Crippen LogP) is 4.69. The highest BCUT2D eigenvalue weighted by molar-refractivity contribution is 5.75. The molecule has 0 radical (unpaired) electrons. The molecule has 2 amide bonds. The maximum Gasteiger partial charge on any atom is 0.318 e. The first-order valence-corrected chi connectivity index (χ1v) is 8.44. The number of benzene rings is 2. The van der Waals surface area contributed by atoms with E-state index < -0.39 is 0 Å². The number of carbonyl (C=O) groups is 1. The van der Waals surface area contributed by atoms with Crippen molar-refractivity contribution >= 4 is 6.03 Å². The summed E-state index contributed by atoms with van der Waals surface area (Å²) in [6, 6.07) is 13.4. The van der Waals surface area contributed by atoms with Crippen LogP contribution in [0.1, 0.15) is 44.0 Å². The Morgan fingerprint density at radius 1 is 1.08 bits per heavy atom. The summed E-state index contributed by atoms with van der Waals surface area (Å²) >= 11 is 0. The second kappa shape index (κ2) is 8.51. The third-order valence-electron chi connectivity index (χ3n) is 4.28. The van der Waals surface area contributed by atoms with Gasteiger partial charge in [-0.2, -0.15) is 0 Å². The largest absolute Gasteiger partial charge is 0.494 e. The number of nitrogens with one attached hydrogen (secondary N) is 1. The molecular weight excluding hydrogens is 319 g/mol. The van der Waals surface area contributed by atoms with Crippen LogP contribution in [0.15, 0.2) is 48.5 Å². The van der Waals surface area contributed by atoms with Crippen molar-refractivity contribution in [2.45, 2.75) is 32.9 Å². The van der Waals surface area contributed by atoms with Crippen LogP contribution in [0.25, 0.3) is 0 Å². The SMILES string of the molecule is CCOc1ccc([C@H](C)NC(=O)N(C)[C@H](C)c2ccc(F)cc2)cc1. The Balaban J connectivity index is 1.98. The molecule has 0 heterocycles. The van der Waals surface area contributed by atoms with Crippen molar-refractivity contribution in [3.05, 3.63) is 65.5 Å². The van der Waals surface area contributed by atoms with Crippen LogP contribution in [0.4, 0.5) is 9.18 Å². The summed E-state index contributed by atoms with van der Waals surface area (Å²) in [5.74, 6) is 0.527. The number of hydrogen-bond donors (Lipinski definition) is 1. The molecule has 2 rings (SSSR count). The monoisotopic (exact) mass is 344 g/mol. The molecule has 0 saturated carbocycles. The normalized spacial score (nSPS) is 13.0. The van der Waals surface area contributed by atoms with E-state index in [1.165, 1.54) is 12.1 Å². The average Bonchev–Trinajstić information content (AvgIpc) is 2.62. The number of nitrogens with zero attached hydrogens (tertiary/aromatic N) is 1. The molecule has 2 atom stereocenters. The van der Waals surface area contributed by atoms with E-state index >= 15 is 0 Å². The molecule has 4 nitrogen and oxygen atoms in total. The van der Waals surface area contributed by atoms with Gasteiger partial charge < -0.3 is 15.0 Å². The summed E-state index contributed by atoms with van der Waals surface area (Å²) < 4.78 is 18.5. The van der Waals surface area contributed by atoms with Crippen LogP contribution in [0.2, 0.25) is 0 Å². The molecule has 0 aliphatic rings. The Hall–Kier alpha value is -2.56. The zero-order chi connectivity index (χ0) is 18.4. The summed E-state index contributed by atoms with van der Waals surface area (Å²) in [5, 5.41) is 2.98. The minimum atomic E-state index is -0.285. The Bertz CT molecular complexity index is 686. The number of rotatable bonds is 6. The lowest BCUT2D eigenvalue weighted by molar-refractivity contribution is 0.191. The van der Waals surface area contributed by atoms with Gasteiger partial charge >= 0.3 is 6.03 Å². The third-order valence-corrected chi connectivity index (χ3v) is 4.28. The molecule has 0 fully saturated rings. The summed E-state index contributed by atoms with van der Waals surface area (Å²) in [6.45, 7) is 6.41. The lowest BCUT2D eigenvalue weighted by atomic mass is 10.1. The van der Waals surface area contributed by atoms with E-state index in [1.54, 1.807) is 24.1 Å². The van der Waals surface area contributed by atoms with E-state index in [2.05, 4.69) is 5.32 Å². The lowest BCUT2D eigenvalue weighted by Crippen LogP contribution is -2.39. The minimum absolute atomic E-state index is 0.133. The number of amides is 2. The van der Waals surface area contributed by atoms with E-state index in [1.807, 2.05) is 45.0 Å². The fourth-order valence-corrected chi connectivity index (χ4v) is 2.53. The molecule has 1 N–H and O–H groups in total. The predicted molar refractivity (Wildman–Crippen MR) is 97.1 cm³/mol. The first-order valence-electron chi connectivity index (χ1n) is 8.44. The maximum atomic E-state index is 13.0. The summed E-state index contributed by atoms with van der Waals surface area (Å²) in [5.41, 5.74) is 1.88. The van der Waals surface area contributed by atoms with Gasteiger partial charge in [0.05, 0.1) is 18.7 Å². The fourth-order valence-electron chi connectivity index (χ4n) is 2.53. The highest BCUT2D eigenvalue weighted by Crippen LogP contribution is 2.21. The fraction of sp³-hybridized carbons (Fsp3) is 0.350. The Labute approximate surface area is 148 Å². The molecule has 0 unspecified atom stereocenters. The first kappa shape index (κ1) is 18.8. The van der Waals surface area contributed by atoms with Crippen molar-refractivity contribution in [3.8, 4) is 5.75 Å². The van der Waals surface area contributed by atoms with Crippen LogP contribution in [0, 0.1) is 5.82 Å². The van der Waals surface area contributed by atoms with E-state index in [0.29, 0.717) is 6.61 Å². The zero-order valence-electron chi connectivity index (χ0n) is 15.1. The van der Waals surface area contributed by atoms with Crippen LogP contribution in [0.5, 0.6) is 5.75 Å². The van der Waals surface area contributed by atoms with Gasteiger partial charge in [-0.25, -0.2) is 9.18 Å². The quantitative estimate of drug-likeness (QED) is 0.826. The van der Waals surface area contributed by atoms with Crippen molar-refractivity contribution in [2.24, 2.45) is 0 Å². The number of halogens is 1. The van der Waals surface area contributed by atoms with Crippen LogP contribution < -0.4 is 10.1 Å². The molecule has 2 aromatic carbocycles. The average molecular weight is 344 g/mol. The number of hydrogen-bond acceptors (Lipinski definition) is 2. The van der Waals surface area contributed by atoms with Crippen LogP contribution in [0.3, 0.4) is 0 Å². The molecule has 0 saturated heterocycles. The molecule has 2 aromatic rings. The highest BCUT2D eigenvalue weighted by atomic mass is 19.1. The number of carbonyl (C=O) groups excluding carboxylic acids is 1. The van der Waals surface area contributed by atoms with E-state index in [-0.39, 0.29) is 23.9 Å². The van der Waals surface area contributed by atoms with Crippen LogP contribution in [-0.4, -0.2) is 24.6 Å². The molecule has 0 aliphatic heterocycles. The number of urea groups is 1. The standard InChI is InChI=1S/C20H25FN2O2/c1-5-25-19-12-8-16(9-13-19)14(2)22-20(24)23(4)15(3)17-6-10-18(21)11-7-17/h6-15H,5H2,1-4H3,(H,22,24)/t14-,15+/m0/s1. The topological polar surface area (TPSA) is 41.6 Å². The smallest absolute Gasteiger partial charge is 0.318 e. The van der Waals surface area contributed by atoms with Crippen LogP contribution >= 0.6 is 0 Å². The van der Waals surface area contributed by atoms with Crippen LogP contribution in [-0.2, 0) is 0 Å². The van der Waals surface area contributed by atoms with Crippen molar-refractivity contribution in [3.63, 3.8) is 0 Å². The maximum absolute atomic E-state index is 13.0. The highest BCUT2D eigenvalue weighted by Gasteiger charge is 2.19. The van der Waals surface area contributed by atoms with Crippen molar-refractivity contribution in [2.75, 3.05) is 13.7 Å². The Kier molecular flexibility index (Phi) is 6.39. The van der Waals surface area contributed by atoms with Gasteiger partial charge in [-0.3, -0.25) is 0 Å². The van der Waals surface area contributed by atoms with E-state index in [4.69, 9.17) is 4.74 Å². The summed E-state index contributed by atoms with van der Waals surface area (Å²) in [7, 11) is 1.73. The van der Waals surface area contributed by atoms with Crippen molar-refractivity contribution in [1.29, 1.82) is 0 Å².